The molecule has 0 bridgehead atoms. The van der Waals surface area contributed by atoms with Crippen LogP contribution >= 0.6 is 0 Å². The van der Waals surface area contributed by atoms with Gasteiger partial charge in [-0.2, -0.15) is 5.10 Å². The third-order valence-corrected chi connectivity index (χ3v) is 3.44. The van der Waals surface area contributed by atoms with E-state index in [2.05, 4.69) is 15.7 Å². The molecule has 3 aromatic rings. The standard InChI is InChI=1S/C17H18N4O/c1-13(12-21-11-5-10-18-21)19-17(22)20-16-9-4-7-14-6-2-3-8-15(14)16/h2-11,13H,12H2,1H3,(H2,19,20,22). The van der Waals surface area contributed by atoms with E-state index in [1.54, 1.807) is 10.9 Å². The molecule has 5 heteroatoms. The summed E-state index contributed by atoms with van der Waals surface area (Å²) in [4.78, 5) is 12.1. The number of hydrogen-bond acceptors (Lipinski definition) is 2. The van der Waals surface area contributed by atoms with Gasteiger partial charge in [0.05, 0.1) is 12.2 Å². The number of carbonyl (C=O) groups excluding carboxylic acids is 1. The summed E-state index contributed by atoms with van der Waals surface area (Å²) in [6.07, 6.45) is 3.60. The molecule has 2 N–H and O–H groups in total. The molecule has 3 rings (SSSR count). The van der Waals surface area contributed by atoms with E-state index >= 15 is 0 Å². The van der Waals surface area contributed by atoms with Gasteiger partial charge in [0.15, 0.2) is 0 Å². The first-order valence-electron chi connectivity index (χ1n) is 7.25. The molecule has 5 nitrogen and oxygen atoms in total. The number of nitrogens with one attached hydrogen (secondary N) is 2. The van der Waals surface area contributed by atoms with Crippen molar-refractivity contribution in [1.29, 1.82) is 0 Å². The zero-order valence-corrected chi connectivity index (χ0v) is 12.4. The molecule has 0 fully saturated rings. The van der Waals surface area contributed by atoms with Gasteiger partial charge in [-0.05, 0) is 24.4 Å². The van der Waals surface area contributed by atoms with Crippen LogP contribution < -0.4 is 10.6 Å². The molecule has 0 saturated carbocycles. The molecule has 0 aliphatic carbocycles. The van der Waals surface area contributed by atoms with Crippen molar-refractivity contribution in [3.8, 4) is 0 Å². The highest BCUT2D eigenvalue weighted by Crippen LogP contribution is 2.22. The lowest BCUT2D eigenvalue weighted by Gasteiger charge is -2.15. The summed E-state index contributed by atoms with van der Waals surface area (Å²) in [6, 6.07) is 15.5. The Bertz CT molecular complexity index is 762. The fourth-order valence-corrected chi connectivity index (χ4v) is 2.45. The highest BCUT2D eigenvalue weighted by atomic mass is 16.2. The fraction of sp³-hybridized carbons (Fsp3) is 0.176. The third-order valence-electron chi connectivity index (χ3n) is 3.44. The van der Waals surface area contributed by atoms with Crippen LogP contribution in [-0.4, -0.2) is 21.9 Å². The average molecular weight is 294 g/mol. The second kappa shape index (κ2) is 6.30. The first-order valence-corrected chi connectivity index (χ1v) is 7.25. The van der Waals surface area contributed by atoms with Gasteiger partial charge in [0, 0.05) is 23.8 Å². The van der Waals surface area contributed by atoms with E-state index in [4.69, 9.17) is 0 Å². The van der Waals surface area contributed by atoms with E-state index in [0.29, 0.717) is 6.54 Å². The zero-order valence-electron chi connectivity index (χ0n) is 12.4. The van der Waals surface area contributed by atoms with Crippen molar-refractivity contribution < 1.29 is 4.79 Å². The van der Waals surface area contributed by atoms with Crippen molar-refractivity contribution >= 4 is 22.5 Å². The van der Waals surface area contributed by atoms with Gasteiger partial charge in [0.25, 0.3) is 0 Å². The molecule has 1 heterocycles. The third kappa shape index (κ3) is 3.25. The largest absolute Gasteiger partial charge is 0.334 e. The van der Waals surface area contributed by atoms with Crippen LogP contribution in [0.4, 0.5) is 10.5 Å². The van der Waals surface area contributed by atoms with Crippen molar-refractivity contribution in [1.82, 2.24) is 15.1 Å². The van der Waals surface area contributed by atoms with Gasteiger partial charge in [-0.15, -0.1) is 0 Å². The zero-order chi connectivity index (χ0) is 15.4. The molecule has 1 unspecified atom stereocenters. The molecular weight excluding hydrogens is 276 g/mol. The lowest BCUT2D eigenvalue weighted by molar-refractivity contribution is 0.247. The molecule has 0 saturated heterocycles. The van der Waals surface area contributed by atoms with Crippen molar-refractivity contribution in [2.75, 3.05) is 5.32 Å². The second-order valence-electron chi connectivity index (χ2n) is 5.25. The molecular formula is C17H18N4O. The number of benzene rings is 2. The highest BCUT2D eigenvalue weighted by molar-refractivity contribution is 6.01. The van der Waals surface area contributed by atoms with Crippen LogP contribution in [0.3, 0.4) is 0 Å². The van der Waals surface area contributed by atoms with E-state index in [1.165, 1.54) is 0 Å². The summed E-state index contributed by atoms with van der Waals surface area (Å²) in [5.41, 5.74) is 0.807. The van der Waals surface area contributed by atoms with Gasteiger partial charge in [-0.3, -0.25) is 4.68 Å². The molecule has 0 aliphatic rings. The quantitative estimate of drug-likeness (QED) is 0.776. The lowest BCUT2D eigenvalue weighted by Crippen LogP contribution is -2.38. The minimum Gasteiger partial charge on any atom is -0.334 e. The maximum Gasteiger partial charge on any atom is 0.319 e. The number of nitrogens with zero attached hydrogens (tertiary/aromatic N) is 2. The number of amides is 2. The van der Waals surface area contributed by atoms with Crippen LogP contribution in [0.2, 0.25) is 0 Å². The summed E-state index contributed by atoms with van der Waals surface area (Å²) in [5, 5.41) is 12.1. The molecule has 2 amide bonds. The Morgan fingerprint density at radius 3 is 2.82 bits per heavy atom. The summed E-state index contributed by atoms with van der Waals surface area (Å²) >= 11 is 0. The van der Waals surface area contributed by atoms with Gasteiger partial charge >= 0.3 is 6.03 Å². The first kappa shape index (κ1) is 14.1. The second-order valence-corrected chi connectivity index (χ2v) is 5.25. The van der Waals surface area contributed by atoms with Crippen LogP contribution in [0.1, 0.15) is 6.92 Å². The van der Waals surface area contributed by atoms with Gasteiger partial charge < -0.3 is 10.6 Å². The number of carbonyl (C=O) groups is 1. The van der Waals surface area contributed by atoms with Crippen molar-refractivity contribution in [3.05, 3.63) is 60.9 Å². The topological polar surface area (TPSA) is 59.0 Å². The van der Waals surface area contributed by atoms with Crippen LogP contribution in [0.25, 0.3) is 10.8 Å². The number of aromatic nitrogens is 2. The normalized spacial score (nSPS) is 12.0. The lowest BCUT2D eigenvalue weighted by atomic mass is 10.1. The minimum atomic E-state index is -0.212. The molecule has 1 atom stereocenters. The Balaban J connectivity index is 1.65. The summed E-state index contributed by atoms with van der Waals surface area (Å²) in [6.45, 7) is 2.58. The van der Waals surface area contributed by atoms with Crippen molar-refractivity contribution in [2.24, 2.45) is 0 Å². The van der Waals surface area contributed by atoms with Crippen LogP contribution in [-0.2, 0) is 6.54 Å². The maximum atomic E-state index is 12.1. The summed E-state index contributed by atoms with van der Waals surface area (Å²) < 4.78 is 1.79. The molecule has 1 aromatic heterocycles. The number of hydrogen-bond donors (Lipinski definition) is 2. The van der Waals surface area contributed by atoms with Gasteiger partial charge in [-0.1, -0.05) is 36.4 Å². The fourth-order valence-electron chi connectivity index (χ4n) is 2.45. The Morgan fingerprint density at radius 1 is 1.18 bits per heavy atom. The maximum absolute atomic E-state index is 12.1. The van der Waals surface area contributed by atoms with Crippen molar-refractivity contribution in [3.63, 3.8) is 0 Å². The van der Waals surface area contributed by atoms with E-state index in [-0.39, 0.29) is 12.1 Å². The smallest absolute Gasteiger partial charge is 0.319 e. The van der Waals surface area contributed by atoms with Gasteiger partial charge in [0.1, 0.15) is 0 Å². The van der Waals surface area contributed by atoms with E-state index in [9.17, 15) is 4.79 Å². The number of urea groups is 1. The number of fused-ring (bicyclic) bond motifs is 1. The molecule has 0 radical (unpaired) electrons. The molecule has 0 spiro atoms. The van der Waals surface area contributed by atoms with Gasteiger partial charge in [-0.25, -0.2) is 4.79 Å². The minimum absolute atomic E-state index is 0.0186. The number of anilines is 1. The SMILES string of the molecule is CC(Cn1cccn1)NC(=O)Nc1cccc2ccccc12. The molecule has 0 aliphatic heterocycles. The predicted octanol–water partition coefficient (Wildman–Crippen LogP) is 3.25. The summed E-state index contributed by atoms with van der Waals surface area (Å²) in [7, 11) is 0. The van der Waals surface area contributed by atoms with Crippen LogP contribution in [0.15, 0.2) is 60.9 Å². The number of rotatable bonds is 4. The molecule has 112 valence electrons. The van der Waals surface area contributed by atoms with Crippen molar-refractivity contribution in [2.45, 2.75) is 19.5 Å². The van der Waals surface area contributed by atoms with E-state index < -0.39 is 0 Å². The van der Waals surface area contributed by atoms with Crippen LogP contribution in [0.5, 0.6) is 0 Å². The summed E-state index contributed by atoms with van der Waals surface area (Å²) in [5.74, 6) is 0. The van der Waals surface area contributed by atoms with Gasteiger partial charge in [0.2, 0.25) is 0 Å². The Kier molecular flexibility index (Phi) is 4.05. The Labute approximate surface area is 128 Å². The predicted molar refractivity (Wildman–Crippen MR) is 87.8 cm³/mol. The first-order chi connectivity index (χ1) is 10.7. The molecule has 22 heavy (non-hydrogen) atoms. The monoisotopic (exact) mass is 294 g/mol. The highest BCUT2D eigenvalue weighted by Gasteiger charge is 2.09. The average Bonchev–Trinajstić information content (AvgIpc) is 3.00. The van der Waals surface area contributed by atoms with E-state index in [1.807, 2.05) is 61.7 Å². The Hall–Kier alpha value is -2.82. The Morgan fingerprint density at radius 2 is 2.00 bits per heavy atom. The molecule has 2 aromatic carbocycles. The van der Waals surface area contributed by atoms with Crippen LogP contribution in [0, 0.1) is 0 Å². The van der Waals surface area contributed by atoms with E-state index in [0.717, 1.165) is 16.5 Å².